The maximum Gasteiger partial charge on any atom is 0.414 e. The number of imidazole rings is 1. The molecule has 8 nitrogen and oxygen atoms in total. The molecule has 0 spiro atoms. The van der Waals surface area contributed by atoms with Crippen molar-refractivity contribution in [1.82, 2.24) is 19.5 Å². The molecule has 0 fully saturated rings. The number of rotatable bonds is 7. The van der Waals surface area contributed by atoms with Crippen molar-refractivity contribution >= 4 is 63.0 Å². The molecule has 3 heterocycles. The normalized spacial score (nSPS) is 12.4. The molecule has 0 aliphatic rings. The van der Waals surface area contributed by atoms with E-state index in [0.717, 1.165) is 31.9 Å². The van der Waals surface area contributed by atoms with Gasteiger partial charge in [-0.1, -0.05) is 19.6 Å². The average Bonchev–Trinajstić information content (AvgIpc) is 3.17. The van der Waals surface area contributed by atoms with Crippen molar-refractivity contribution in [3.8, 4) is 11.4 Å². The van der Waals surface area contributed by atoms with Gasteiger partial charge in [0.05, 0.1) is 15.8 Å². The number of carbonyl (C=O) groups excluding carboxylic acids is 1. The lowest BCUT2D eigenvalue weighted by Gasteiger charge is -2.18. The van der Waals surface area contributed by atoms with Gasteiger partial charge in [0.2, 0.25) is 5.95 Å². The van der Waals surface area contributed by atoms with Gasteiger partial charge >= 0.3 is 6.09 Å². The van der Waals surface area contributed by atoms with E-state index in [4.69, 9.17) is 9.47 Å². The Balaban J connectivity index is 1.95. The molecular formula is C22H31Br2N5O3Si. The smallest absolute Gasteiger partial charge is 0.414 e. The summed E-state index contributed by atoms with van der Waals surface area (Å²) in [7, 11) is -1.18. The van der Waals surface area contributed by atoms with E-state index in [9.17, 15) is 4.79 Å². The third kappa shape index (κ3) is 6.46. The molecule has 0 aliphatic carbocycles. The largest absolute Gasteiger partial charge is 0.444 e. The highest BCUT2D eigenvalue weighted by atomic mass is 79.9. The first-order chi connectivity index (χ1) is 15.3. The molecule has 0 radical (unpaired) electrons. The van der Waals surface area contributed by atoms with E-state index in [-0.39, 0.29) is 0 Å². The van der Waals surface area contributed by atoms with Gasteiger partial charge in [-0.3, -0.25) is 10.3 Å². The molecule has 0 aromatic carbocycles. The SMILES string of the molecule is Cc1c(Br)c(-c2nccc3[nH]c(NC(=O)OC(C)(C)C)nc23)n(COCC[Si](C)(C)C)c1Br. The number of aromatic nitrogens is 4. The minimum Gasteiger partial charge on any atom is -0.444 e. The fourth-order valence-electron chi connectivity index (χ4n) is 3.14. The molecule has 0 bridgehead atoms. The monoisotopic (exact) mass is 599 g/mol. The lowest BCUT2D eigenvalue weighted by molar-refractivity contribution is 0.0635. The van der Waals surface area contributed by atoms with Gasteiger partial charge in [-0.05, 0) is 77.2 Å². The molecule has 0 saturated carbocycles. The summed E-state index contributed by atoms with van der Waals surface area (Å²) in [5, 5.41) is 2.66. The number of anilines is 1. The van der Waals surface area contributed by atoms with E-state index < -0.39 is 19.8 Å². The van der Waals surface area contributed by atoms with Gasteiger partial charge in [0, 0.05) is 25.4 Å². The summed E-state index contributed by atoms with van der Waals surface area (Å²) >= 11 is 7.43. The van der Waals surface area contributed by atoms with Crippen LogP contribution in [0.4, 0.5) is 10.7 Å². The Hall–Kier alpha value is -1.69. The van der Waals surface area contributed by atoms with Crippen molar-refractivity contribution in [3.05, 3.63) is 26.9 Å². The fourth-order valence-corrected chi connectivity index (χ4v) is 5.23. The van der Waals surface area contributed by atoms with Crippen molar-refractivity contribution in [3.63, 3.8) is 0 Å². The van der Waals surface area contributed by atoms with Gasteiger partial charge in [-0.15, -0.1) is 0 Å². The van der Waals surface area contributed by atoms with E-state index in [0.29, 0.717) is 30.5 Å². The Kier molecular flexibility index (Phi) is 7.77. The number of nitrogens with zero attached hydrogens (tertiary/aromatic N) is 3. The van der Waals surface area contributed by atoms with Crippen LogP contribution in [0.1, 0.15) is 26.3 Å². The van der Waals surface area contributed by atoms with Crippen molar-refractivity contribution < 1.29 is 14.3 Å². The standard InChI is InChI=1S/C22H31Br2N5O3Si/c1-13-15(23)18(29(19(13)24)12-31-10-11-33(5,6)7)17-16-14(8-9-25-17)26-20(27-16)28-21(30)32-22(2,3)4/h8-9H,10-12H2,1-7H3,(H2,26,27,28,30). The molecule has 2 N–H and O–H groups in total. The number of fused-ring (bicyclic) bond motifs is 1. The Bertz CT molecular complexity index is 1160. The number of nitrogens with one attached hydrogen (secondary N) is 2. The zero-order chi connectivity index (χ0) is 24.6. The van der Waals surface area contributed by atoms with Gasteiger partial charge in [0.15, 0.2) is 0 Å². The Morgan fingerprint density at radius 2 is 1.97 bits per heavy atom. The van der Waals surface area contributed by atoms with Crippen molar-refractivity contribution in [2.45, 2.75) is 65.7 Å². The summed E-state index contributed by atoms with van der Waals surface area (Å²) < 4.78 is 15.2. The number of ether oxygens (including phenoxy) is 2. The summed E-state index contributed by atoms with van der Waals surface area (Å²) in [6.07, 6.45) is 1.14. The molecule has 0 saturated heterocycles. The molecule has 3 aromatic heterocycles. The Morgan fingerprint density at radius 1 is 1.27 bits per heavy atom. The van der Waals surface area contributed by atoms with E-state index in [1.807, 2.05) is 38.3 Å². The first kappa shape index (κ1) is 25.9. The van der Waals surface area contributed by atoms with Crippen LogP contribution in [-0.4, -0.2) is 45.9 Å². The van der Waals surface area contributed by atoms with Crippen molar-refractivity contribution in [2.24, 2.45) is 0 Å². The maximum atomic E-state index is 12.2. The summed E-state index contributed by atoms with van der Waals surface area (Å²) in [6, 6.07) is 2.91. The average molecular weight is 601 g/mol. The number of pyridine rings is 1. The molecule has 3 rings (SSSR count). The minimum absolute atomic E-state index is 0.296. The molecule has 180 valence electrons. The lowest BCUT2D eigenvalue weighted by Crippen LogP contribution is -2.27. The summed E-state index contributed by atoms with van der Waals surface area (Å²) in [4.78, 5) is 24.5. The number of hydrogen-bond acceptors (Lipinski definition) is 5. The van der Waals surface area contributed by atoms with Crippen LogP contribution in [0.2, 0.25) is 25.7 Å². The van der Waals surface area contributed by atoms with Gasteiger partial charge in [0.25, 0.3) is 0 Å². The van der Waals surface area contributed by atoms with Crippen LogP contribution in [0.25, 0.3) is 22.4 Å². The van der Waals surface area contributed by atoms with E-state index in [2.05, 4.69) is 71.8 Å². The fraction of sp³-hybridized carbons (Fsp3) is 0.500. The van der Waals surface area contributed by atoms with E-state index in [1.165, 1.54) is 0 Å². The first-order valence-electron chi connectivity index (χ1n) is 10.7. The van der Waals surface area contributed by atoms with Crippen LogP contribution in [-0.2, 0) is 16.2 Å². The summed E-state index contributed by atoms with van der Waals surface area (Å²) in [6.45, 7) is 15.5. The van der Waals surface area contributed by atoms with Gasteiger partial charge in [-0.25, -0.2) is 9.78 Å². The second kappa shape index (κ2) is 9.89. The van der Waals surface area contributed by atoms with Gasteiger partial charge in [0.1, 0.15) is 23.5 Å². The highest BCUT2D eigenvalue weighted by Crippen LogP contribution is 2.39. The zero-order valence-electron chi connectivity index (χ0n) is 20.1. The van der Waals surface area contributed by atoms with Crippen LogP contribution in [0.3, 0.4) is 0 Å². The minimum atomic E-state index is -1.18. The van der Waals surface area contributed by atoms with E-state index >= 15 is 0 Å². The summed E-state index contributed by atoms with van der Waals surface area (Å²) in [5.41, 5.74) is 3.36. The number of aromatic amines is 1. The number of hydrogen-bond donors (Lipinski definition) is 2. The van der Waals surface area contributed by atoms with Crippen LogP contribution in [0.15, 0.2) is 21.3 Å². The molecule has 0 aliphatic heterocycles. The molecule has 33 heavy (non-hydrogen) atoms. The topological polar surface area (TPSA) is 94.1 Å². The third-order valence-electron chi connectivity index (χ3n) is 4.81. The predicted molar refractivity (Wildman–Crippen MR) is 141 cm³/mol. The third-order valence-corrected chi connectivity index (χ3v) is 8.51. The zero-order valence-corrected chi connectivity index (χ0v) is 24.3. The van der Waals surface area contributed by atoms with Crippen LogP contribution < -0.4 is 5.32 Å². The van der Waals surface area contributed by atoms with Gasteiger partial charge in [-0.2, -0.15) is 0 Å². The second-order valence-corrected chi connectivity index (χ2v) is 17.3. The molecular weight excluding hydrogens is 570 g/mol. The lowest BCUT2D eigenvalue weighted by atomic mass is 10.2. The second-order valence-electron chi connectivity index (χ2n) is 10.1. The van der Waals surface area contributed by atoms with Crippen molar-refractivity contribution in [2.75, 3.05) is 11.9 Å². The number of carbonyl (C=O) groups is 1. The molecule has 0 unspecified atom stereocenters. The molecule has 11 heteroatoms. The van der Waals surface area contributed by atoms with Crippen LogP contribution in [0.5, 0.6) is 0 Å². The van der Waals surface area contributed by atoms with Crippen molar-refractivity contribution in [1.29, 1.82) is 0 Å². The highest BCUT2D eigenvalue weighted by molar-refractivity contribution is 9.11. The Morgan fingerprint density at radius 3 is 2.61 bits per heavy atom. The van der Waals surface area contributed by atoms with Gasteiger partial charge < -0.3 is 19.0 Å². The quantitative estimate of drug-likeness (QED) is 0.227. The molecule has 3 aromatic rings. The van der Waals surface area contributed by atoms with Crippen LogP contribution >= 0.6 is 31.9 Å². The highest BCUT2D eigenvalue weighted by Gasteiger charge is 2.24. The number of amides is 1. The first-order valence-corrected chi connectivity index (χ1v) is 16.0. The van der Waals surface area contributed by atoms with E-state index in [1.54, 1.807) is 6.20 Å². The number of H-pyrrole nitrogens is 1. The van der Waals surface area contributed by atoms with Crippen LogP contribution in [0, 0.1) is 6.92 Å². The molecule has 1 amide bonds. The summed E-state index contributed by atoms with van der Waals surface area (Å²) in [5.74, 6) is 0.296. The Labute approximate surface area is 212 Å². The predicted octanol–water partition coefficient (Wildman–Crippen LogP) is 6.92. The maximum absolute atomic E-state index is 12.2. The number of halogens is 2. The molecule has 0 atom stereocenters.